The van der Waals surface area contributed by atoms with Crippen molar-refractivity contribution in [2.75, 3.05) is 19.8 Å². The highest BCUT2D eigenvalue weighted by Crippen LogP contribution is 2.09. The van der Waals surface area contributed by atoms with Crippen molar-refractivity contribution >= 4 is 11.6 Å². The van der Waals surface area contributed by atoms with Gasteiger partial charge in [-0.05, 0) is 44.9 Å². The Morgan fingerprint density at radius 2 is 1.76 bits per heavy atom. The standard InChI is InChI=1S/C14H22ClNO/c1-14(2,3)16-9-11-17-10-8-12-4-6-13(15)7-5-12/h4-7,16H,8-11H2,1-3H3. The molecule has 1 aromatic rings. The Bertz CT molecular complexity index is 316. The molecule has 0 atom stereocenters. The summed E-state index contributed by atoms with van der Waals surface area (Å²) in [6, 6.07) is 7.91. The second-order valence-electron chi connectivity index (χ2n) is 5.17. The number of nitrogens with one attached hydrogen (secondary N) is 1. The molecule has 17 heavy (non-hydrogen) atoms. The number of hydrogen-bond acceptors (Lipinski definition) is 2. The molecule has 0 fully saturated rings. The van der Waals surface area contributed by atoms with E-state index in [2.05, 4.69) is 26.1 Å². The van der Waals surface area contributed by atoms with Crippen LogP contribution in [0.1, 0.15) is 26.3 Å². The third-order valence-corrected chi connectivity index (χ3v) is 2.60. The van der Waals surface area contributed by atoms with E-state index in [0.717, 1.165) is 31.2 Å². The van der Waals surface area contributed by atoms with Crippen molar-refractivity contribution in [3.63, 3.8) is 0 Å². The summed E-state index contributed by atoms with van der Waals surface area (Å²) >= 11 is 5.82. The topological polar surface area (TPSA) is 21.3 Å². The number of ether oxygens (including phenoxy) is 1. The fourth-order valence-corrected chi connectivity index (χ4v) is 1.57. The van der Waals surface area contributed by atoms with E-state index < -0.39 is 0 Å². The van der Waals surface area contributed by atoms with Crippen molar-refractivity contribution in [2.24, 2.45) is 0 Å². The first-order chi connectivity index (χ1) is 7.97. The maximum Gasteiger partial charge on any atom is 0.0591 e. The molecule has 3 heteroatoms. The molecule has 0 aliphatic carbocycles. The highest BCUT2D eigenvalue weighted by Gasteiger charge is 2.06. The van der Waals surface area contributed by atoms with E-state index in [9.17, 15) is 0 Å². The molecule has 1 rings (SSSR count). The summed E-state index contributed by atoms with van der Waals surface area (Å²) < 4.78 is 5.57. The molecule has 0 saturated carbocycles. The third kappa shape index (κ3) is 7.37. The predicted molar refractivity (Wildman–Crippen MR) is 73.7 cm³/mol. The van der Waals surface area contributed by atoms with E-state index in [1.54, 1.807) is 0 Å². The molecule has 0 aliphatic rings. The Labute approximate surface area is 109 Å². The molecule has 0 heterocycles. The van der Waals surface area contributed by atoms with Gasteiger partial charge in [-0.2, -0.15) is 0 Å². The van der Waals surface area contributed by atoms with E-state index >= 15 is 0 Å². The average molecular weight is 256 g/mol. The van der Waals surface area contributed by atoms with Crippen LogP contribution in [-0.4, -0.2) is 25.3 Å². The largest absolute Gasteiger partial charge is 0.380 e. The molecular weight excluding hydrogens is 234 g/mol. The number of benzene rings is 1. The Morgan fingerprint density at radius 3 is 2.35 bits per heavy atom. The molecule has 0 saturated heterocycles. The summed E-state index contributed by atoms with van der Waals surface area (Å²) in [6.45, 7) is 8.87. The van der Waals surface area contributed by atoms with Crippen LogP contribution in [0, 0.1) is 0 Å². The van der Waals surface area contributed by atoms with Gasteiger partial charge >= 0.3 is 0 Å². The van der Waals surface area contributed by atoms with Gasteiger partial charge in [-0.3, -0.25) is 0 Å². The second-order valence-corrected chi connectivity index (χ2v) is 5.60. The molecule has 0 unspecified atom stereocenters. The lowest BCUT2D eigenvalue weighted by Gasteiger charge is -2.20. The van der Waals surface area contributed by atoms with Gasteiger partial charge < -0.3 is 10.1 Å². The maximum atomic E-state index is 5.82. The predicted octanol–water partition coefficient (Wildman–Crippen LogP) is 3.29. The Morgan fingerprint density at radius 1 is 1.12 bits per heavy atom. The van der Waals surface area contributed by atoms with Crippen molar-refractivity contribution in [1.82, 2.24) is 5.32 Å². The van der Waals surface area contributed by atoms with Gasteiger partial charge in [0.2, 0.25) is 0 Å². The van der Waals surface area contributed by atoms with Crippen molar-refractivity contribution in [2.45, 2.75) is 32.7 Å². The molecule has 1 N–H and O–H groups in total. The summed E-state index contributed by atoms with van der Waals surface area (Å²) in [6.07, 6.45) is 0.937. The van der Waals surface area contributed by atoms with Gasteiger partial charge in [-0.1, -0.05) is 23.7 Å². The molecule has 96 valence electrons. The van der Waals surface area contributed by atoms with Gasteiger partial charge in [0.05, 0.1) is 13.2 Å². The first-order valence-electron chi connectivity index (χ1n) is 6.04. The normalized spacial score (nSPS) is 11.8. The molecule has 1 aromatic carbocycles. The third-order valence-electron chi connectivity index (χ3n) is 2.35. The fraction of sp³-hybridized carbons (Fsp3) is 0.571. The van der Waals surface area contributed by atoms with Crippen LogP contribution in [0.4, 0.5) is 0 Å². The van der Waals surface area contributed by atoms with E-state index in [1.165, 1.54) is 5.56 Å². The van der Waals surface area contributed by atoms with E-state index in [0.29, 0.717) is 0 Å². The number of halogens is 1. The van der Waals surface area contributed by atoms with E-state index in [-0.39, 0.29) is 5.54 Å². The van der Waals surface area contributed by atoms with Crippen molar-refractivity contribution < 1.29 is 4.74 Å². The van der Waals surface area contributed by atoms with Gasteiger partial charge in [-0.25, -0.2) is 0 Å². The van der Waals surface area contributed by atoms with Crippen LogP contribution >= 0.6 is 11.6 Å². The lowest BCUT2D eigenvalue weighted by molar-refractivity contribution is 0.133. The molecular formula is C14H22ClNO. The quantitative estimate of drug-likeness (QED) is 0.788. The Balaban J connectivity index is 2.07. The zero-order valence-corrected chi connectivity index (χ0v) is 11.7. The Hall–Kier alpha value is -0.570. The minimum absolute atomic E-state index is 0.166. The highest BCUT2D eigenvalue weighted by molar-refractivity contribution is 6.30. The van der Waals surface area contributed by atoms with Crippen LogP contribution in [0.3, 0.4) is 0 Å². The molecule has 0 radical (unpaired) electrons. The monoisotopic (exact) mass is 255 g/mol. The van der Waals surface area contributed by atoms with Crippen LogP contribution in [0.2, 0.25) is 5.02 Å². The SMILES string of the molecule is CC(C)(C)NCCOCCc1ccc(Cl)cc1. The lowest BCUT2D eigenvalue weighted by atomic mass is 10.1. The Kier molecular flexibility index (Phi) is 5.96. The van der Waals surface area contributed by atoms with Crippen molar-refractivity contribution in [1.29, 1.82) is 0 Å². The first-order valence-corrected chi connectivity index (χ1v) is 6.42. The van der Waals surface area contributed by atoms with Gasteiger partial charge in [0, 0.05) is 17.1 Å². The molecule has 0 bridgehead atoms. The zero-order valence-electron chi connectivity index (χ0n) is 10.9. The highest BCUT2D eigenvalue weighted by atomic mass is 35.5. The molecule has 0 aliphatic heterocycles. The van der Waals surface area contributed by atoms with Crippen LogP contribution in [0.25, 0.3) is 0 Å². The maximum absolute atomic E-state index is 5.82. The summed E-state index contributed by atoms with van der Waals surface area (Å²) in [7, 11) is 0. The summed E-state index contributed by atoms with van der Waals surface area (Å²) in [5.74, 6) is 0. The van der Waals surface area contributed by atoms with Gasteiger partial charge in [-0.15, -0.1) is 0 Å². The molecule has 2 nitrogen and oxygen atoms in total. The van der Waals surface area contributed by atoms with Crippen LogP contribution in [0.15, 0.2) is 24.3 Å². The zero-order chi connectivity index (χ0) is 12.7. The summed E-state index contributed by atoms with van der Waals surface area (Å²) in [5.41, 5.74) is 1.43. The lowest BCUT2D eigenvalue weighted by Crippen LogP contribution is -2.38. The second kappa shape index (κ2) is 7.00. The van der Waals surface area contributed by atoms with E-state index in [1.807, 2.05) is 24.3 Å². The van der Waals surface area contributed by atoms with Crippen molar-refractivity contribution in [3.8, 4) is 0 Å². The van der Waals surface area contributed by atoms with Crippen LogP contribution in [-0.2, 0) is 11.2 Å². The molecule has 0 aromatic heterocycles. The van der Waals surface area contributed by atoms with Gasteiger partial charge in [0.25, 0.3) is 0 Å². The average Bonchev–Trinajstić information content (AvgIpc) is 2.24. The van der Waals surface area contributed by atoms with Gasteiger partial charge in [0.15, 0.2) is 0 Å². The van der Waals surface area contributed by atoms with Crippen LogP contribution in [0.5, 0.6) is 0 Å². The molecule has 0 amide bonds. The minimum atomic E-state index is 0.166. The number of hydrogen-bond donors (Lipinski definition) is 1. The fourth-order valence-electron chi connectivity index (χ4n) is 1.44. The summed E-state index contributed by atoms with van der Waals surface area (Å²) in [4.78, 5) is 0. The van der Waals surface area contributed by atoms with Crippen molar-refractivity contribution in [3.05, 3.63) is 34.9 Å². The smallest absolute Gasteiger partial charge is 0.0591 e. The first kappa shape index (κ1) is 14.5. The van der Waals surface area contributed by atoms with E-state index in [4.69, 9.17) is 16.3 Å². The minimum Gasteiger partial charge on any atom is -0.380 e. The number of rotatable bonds is 6. The van der Waals surface area contributed by atoms with Gasteiger partial charge in [0.1, 0.15) is 0 Å². The molecule has 0 spiro atoms. The summed E-state index contributed by atoms with van der Waals surface area (Å²) in [5, 5.41) is 4.17. The van der Waals surface area contributed by atoms with Crippen LogP contribution < -0.4 is 5.32 Å².